The quantitative estimate of drug-likeness (QED) is 0.885. The number of halogens is 1. The first-order valence-electron chi connectivity index (χ1n) is 5.50. The second kappa shape index (κ2) is 5.36. The predicted molar refractivity (Wildman–Crippen MR) is 72.6 cm³/mol. The van der Waals surface area contributed by atoms with Gasteiger partial charge in [-0.1, -0.05) is 0 Å². The van der Waals surface area contributed by atoms with Gasteiger partial charge in [0.05, 0.1) is 0 Å². The molecule has 0 bridgehead atoms. The van der Waals surface area contributed by atoms with Crippen LogP contribution in [0.3, 0.4) is 0 Å². The third-order valence-electron chi connectivity index (χ3n) is 2.92. The van der Waals surface area contributed by atoms with Crippen molar-refractivity contribution in [3.63, 3.8) is 0 Å². The molecule has 0 spiro atoms. The molecule has 0 saturated heterocycles. The fourth-order valence-electron chi connectivity index (χ4n) is 1.98. The van der Waals surface area contributed by atoms with Gasteiger partial charge in [-0.3, -0.25) is 0 Å². The second-order valence-corrected chi connectivity index (χ2v) is 7.97. The fourth-order valence-corrected chi connectivity index (χ4v) is 5.64. The van der Waals surface area contributed by atoms with Crippen molar-refractivity contribution < 1.29 is 8.42 Å². The Bertz CT molecular complexity index is 478. The number of nitrogens with one attached hydrogen (secondary N) is 1. The molecule has 1 aliphatic carbocycles. The van der Waals surface area contributed by atoms with Gasteiger partial charge in [0.15, 0.2) is 0 Å². The maximum absolute atomic E-state index is 12.1. The normalized spacial score (nSPS) is 26.0. The van der Waals surface area contributed by atoms with Gasteiger partial charge in [-0.25, -0.2) is 13.1 Å². The van der Waals surface area contributed by atoms with Crippen LogP contribution in [0.5, 0.6) is 0 Å². The molecule has 0 amide bonds. The van der Waals surface area contributed by atoms with E-state index in [4.69, 9.17) is 5.73 Å². The number of thiophene rings is 1. The van der Waals surface area contributed by atoms with Gasteiger partial charge in [-0.2, -0.15) is 0 Å². The highest BCUT2D eigenvalue weighted by atomic mass is 79.9. The average Bonchev–Trinajstić information content (AvgIpc) is 2.68. The zero-order valence-corrected chi connectivity index (χ0v) is 12.4. The molecular formula is C10H15BrN2O2S2. The molecule has 1 aliphatic rings. The van der Waals surface area contributed by atoms with Crippen LogP contribution >= 0.6 is 27.3 Å². The molecule has 1 aromatic rings. The maximum Gasteiger partial charge on any atom is 0.251 e. The first-order chi connectivity index (χ1) is 7.99. The summed E-state index contributed by atoms with van der Waals surface area (Å²) >= 11 is 4.47. The minimum absolute atomic E-state index is 0.0220. The molecule has 0 unspecified atom stereocenters. The Hall–Kier alpha value is 0.0500. The number of hydrogen-bond acceptors (Lipinski definition) is 4. The van der Waals surface area contributed by atoms with Crippen molar-refractivity contribution in [2.75, 3.05) is 0 Å². The van der Waals surface area contributed by atoms with Crippen molar-refractivity contribution in [2.45, 2.75) is 42.0 Å². The highest BCUT2D eigenvalue weighted by Gasteiger charge is 2.26. The van der Waals surface area contributed by atoms with Gasteiger partial charge in [-0.05, 0) is 53.1 Å². The van der Waals surface area contributed by atoms with E-state index in [1.165, 1.54) is 11.3 Å². The van der Waals surface area contributed by atoms with Gasteiger partial charge in [-0.15, -0.1) is 11.3 Å². The van der Waals surface area contributed by atoms with Crippen LogP contribution in [0.1, 0.15) is 25.7 Å². The zero-order valence-electron chi connectivity index (χ0n) is 9.23. The number of sulfonamides is 1. The van der Waals surface area contributed by atoms with E-state index < -0.39 is 10.0 Å². The van der Waals surface area contributed by atoms with E-state index in [0.717, 1.165) is 25.7 Å². The van der Waals surface area contributed by atoms with Gasteiger partial charge in [0, 0.05) is 16.6 Å². The Morgan fingerprint density at radius 3 is 2.53 bits per heavy atom. The van der Waals surface area contributed by atoms with Crippen molar-refractivity contribution in [1.82, 2.24) is 4.72 Å². The summed E-state index contributed by atoms with van der Waals surface area (Å²) in [5, 5.41) is 1.76. The highest BCUT2D eigenvalue weighted by molar-refractivity contribution is 9.10. The van der Waals surface area contributed by atoms with E-state index in [0.29, 0.717) is 8.68 Å². The summed E-state index contributed by atoms with van der Waals surface area (Å²) in [6.07, 6.45) is 3.42. The molecular weight excluding hydrogens is 324 g/mol. The van der Waals surface area contributed by atoms with Crippen LogP contribution in [0.4, 0.5) is 0 Å². The van der Waals surface area contributed by atoms with Gasteiger partial charge in [0.25, 0.3) is 10.0 Å². The summed E-state index contributed by atoms with van der Waals surface area (Å²) in [6, 6.07) is 1.99. The number of nitrogens with two attached hydrogens (primary N) is 1. The highest BCUT2D eigenvalue weighted by Crippen LogP contribution is 2.28. The lowest BCUT2D eigenvalue weighted by Crippen LogP contribution is -2.40. The van der Waals surface area contributed by atoms with Gasteiger partial charge in [0.2, 0.25) is 0 Å². The Morgan fingerprint density at radius 1 is 1.35 bits per heavy atom. The molecule has 0 atom stereocenters. The summed E-state index contributed by atoms with van der Waals surface area (Å²) in [7, 11) is -3.38. The lowest BCUT2D eigenvalue weighted by atomic mass is 9.93. The van der Waals surface area contributed by atoms with Crippen molar-refractivity contribution in [2.24, 2.45) is 5.73 Å². The van der Waals surface area contributed by atoms with Crippen molar-refractivity contribution in [3.8, 4) is 0 Å². The second-order valence-electron chi connectivity index (χ2n) is 4.29. The molecule has 7 heteroatoms. The summed E-state index contributed by atoms with van der Waals surface area (Å²) in [5.74, 6) is 0. The third-order valence-corrected chi connectivity index (χ3v) is 7.11. The standard InChI is InChI=1S/C10H15BrN2O2S2/c11-9-5-6-16-10(9)17(14,15)13-8-3-1-7(12)2-4-8/h5-8,13H,1-4,12H2. The van der Waals surface area contributed by atoms with Crippen LogP contribution in [0.25, 0.3) is 0 Å². The Labute approximate surface area is 114 Å². The van der Waals surface area contributed by atoms with Crippen LogP contribution in [0.15, 0.2) is 20.1 Å². The lowest BCUT2D eigenvalue weighted by Gasteiger charge is -2.26. The van der Waals surface area contributed by atoms with E-state index in [1.807, 2.05) is 0 Å². The molecule has 1 aromatic heterocycles. The Balaban J connectivity index is 2.06. The summed E-state index contributed by atoms with van der Waals surface area (Å²) in [5.41, 5.74) is 5.80. The molecule has 3 N–H and O–H groups in total. The Kier molecular flexibility index (Phi) is 4.25. The molecule has 17 heavy (non-hydrogen) atoms. The fraction of sp³-hybridized carbons (Fsp3) is 0.600. The number of rotatable bonds is 3. The summed E-state index contributed by atoms with van der Waals surface area (Å²) in [6.45, 7) is 0. The first-order valence-corrected chi connectivity index (χ1v) is 8.65. The van der Waals surface area contributed by atoms with Gasteiger partial charge >= 0.3 is 0 Å². The van der Waals surface area contributed by atoms with Gasteiger partial charge < -0.3 is 5.73 Å². The maximum atomic E-state index is 12.1. The van der Waals surface area contributed by atoms with Crippen LogP contribution in [-0.2, 0) is 10.0 Å². The van der Waals surface area contributed by atoms with E-state index in [9.17, 15) is 8.42 Å². The lowest BCUT2D eigenvalue weighted by molar-refractivity contribution is 0.374. The van der Waals surface area contributed by atoms with E-state index in [2.05, 4.69) is 20.7 Å². The largest absolute Gasteiger partial charge is 0.328 e. The topological polar surface area (TPSA) is 72.2 Å². The van der Waals surface area contributed by atoms with Crippen molar-refractivity contribution in [3.05, 3.63) is 15.9 Å². The van der Waals surface area contributed by atoms with E-state index in [1.54, 1.807) is 11.4 Å². The molecule has 96 valence electrons. The minimum atomic E-state index is -3.38. The molecule has 1 saturated carbocycles. The van der Waals surface area contributed by atoms with Crippen LogP contribution in [0, 0.1) is 0 Å². The molecule has 0 aromatic carbocycles. The van der Waals surface area contributed by atoms with Crippen LogP contribution < -0.4 is 10.5 Å². The molecule has 2 rings (SSSR count). The van der Waals surface area contributed by atoms with Gasteiger partial charge in [0.1, 0.15) is 4.21 Å². The minimum Gasteiger partial charge on any atom is -0.328 e. The first kappa shape index (κ1) is 13.5. The van der Waals surface area contributed by atoms with E-state index in [-0.39, 0.29) is 12.1 Å². The van der Waals surface area contributed by atoms with Crippen molar-refractivity contribution in [1.29, 1.82) is 0 Å². The molecule has 4 nitrogen and oxygen atoms in total. The SMILES string of the molecule is NC1CCC(NS(=O)(=O)c2sccc2Br)CC1. The third kappa shape index (κ3) is 3.29. The van der Waals surface area contributed by atoms with Crippen molar-refractivity contribution >= 4 is 37.3 Å². The summed E-state index contributed by atoms with van der Waals surface area (Å²) < 4.78 is 27.9. The smallest absolute Gasteiger partial charge is 0.251 e. The monoisotopic (exact) mass is 338 g/mol. The average molecular weight is 339 g/mol. The summed E-state index contributed by atoms with van der Waals surface area (Å²) in [4.78, 5) is 0. The molecule has 0 radical (unpaired) electrons. The van der Waals surface area contributed by atoms with E-state index >= 15 is 0 Å². The van der Waals surface area contributed by atoms with Crippen LogP contribution in [-0.4, -0.2) is 20.5 Å². The van der Waals surface area contributed by atoms with Crippen LogP contribution in [0.2, 0.25) is 0 Å². The zero-order chi connectivity index (χ0) is 12.5. The predicted octanol–water partition coefficient (Wildman–Crippen LogP) is 2.06. The molecule has 1 heterocycles. The Morgan fingerprint density at radius 2 is 2.00 bits per heavy atom. The number of hydrogen-bond donors (Lipinski definition) is 2. The molecule has 1 fully saturated rings. The molecule has 0 aliphatic heterocycles.